The maximum absolute atomic E-state index is 13.3. The van der Waals surface area contributed by atoms with Crippen molar-refractivity contribution >= 4 is 28.5 Å². The molecule has 5 rings (SSSR count). The lowest BCUT2D eigenvalue weighted by Gasteiger charge is -2.33. The van der Waals surface area contributed by atoms with Crippen LogP contribution in [0.4, 0.5) is 0 Å². The Balaban J connectivity index is 1.49. The van der Waals surface area contributed by atoms with Crippen LogP contribution < -0.4 is 0 Å². The molecular weight excluding hydrogens is 410 g/mol. The maximum Gasteiger partial charge on any atom is 0.254 e. The lowest BCUT2D eigenvalue weighted by molar-refractivity contribution is 0.0674. The van der Waals surface area contributed by atoms with Crippen molar-refractivity contribution < 1.29 is 4.79 Å². The second kappa shape index (κ2) is 7.46. The lowest BCUT2D eigenvalue weighted by atomic mass is 9.94. The van der Waals surface area contributed by atoms with E-state index < -0.39 is 0 Å². The van der Waals surface area contributed by atoms with E-state index in [1.807, 2.05) is 60.8 Å². The van der Waals surface area contributed by atoms with E-state index in [9.17, 15) is 4.79 Å². The van der Waals surface area contributed by atoms with Crippen molar-refractivity contribution in [3.05, 3.63) is 76.2 Å². The van der Waals surface area contributed by atoms with Crippen LogP contribution in [0.2, 0.25) is 5.02 Å². The number of hydrogen-bond donors (Lipinski definition) is 0. The van der Waals surface area contributed by atoms with E-state index in [2.05, 4.69) is 16.0 Å². The van der Waals surface area contributed by atoms with Gasteiger partial charge in [0.25, 0.3) is 5.91 Å². The minimum atomic E-state index is -0.130. The van der Waals surface area contributed by atoms with Gasteiger partial charge in [0.05, 0.1) is 28.5 Å². The molecule has 4 aromatic rings. The third-order valence-electron chi connectivity index (χ3n) is 6.06. The molecule has 0 spiro atoms. The highest BCUT2D eigenvalue weighted by Gasteiger charge is 2.33. The third kappa shape index (κ3) is 3.27. The monoisotopic (exact) mass is 431 g/mol. The minimum Gasteiger partial charge on any atom is -0.330 e. The van der Waals surface area contributed by atoms with E-state index in [-0.39, 0.29) is 11.9 Å². The minimum absolute atomic E-state index is 0.0173. The van der Waals surface area contributed by atoms with Gasteiger partial charge < -0.3 is 4.90 Å². The van der Waals surface area contributed by atoms with Crippen molar-refractivity contribution in [2.45, 2.75) is 26.3 Å². The molecule has 7 heteroatoms. The fraction of sp³-hybridized carbons (Fsp3) is 0.250. The summed E-state index contributed by atoms with van der Waals surface area (Å²) in [6, 6.07) is 11.4. The van der Waals surface area contributed by atoms with Gasteiger partial charge in [-0.25, -0.2) is 0 Å². The Bertz CT molecular complexity index is 1330. The second-order valence-corrected chi connectivity index (χ2v) is 8.39. The van der Waals surface area contributed by atoms with Gasteiger partial charge in [-0.05, 0) is 50.1 Å². The van der Waals surface area contributed by atoms with Crippen LogP contribution in [0, 0.1) is 6.92 Å². The fourth-order valence-electron chi connectivity index (χ4n) is 4.39. The van der Waals surface area contributed by atoms with E-state index in [0.29, 0.717) is 12.1 Å². The van der Waals surface area contributed by atoms with Crippen molar-refractivity contribution in [3.8, 4) is 11.3 Å². The summed E-state index contributed by atoms with van der Waals surface area (Å²) in [5.74, 6) is -0.0173. The smallest absolute Gasteiger partial charge is 0.254 e. The Morgan fingerprint density at radius 3 is 2.65 bits per heavy atom. The van der Waals surface area contributed by atoms with E-state index in [1.54, 1.807) is 12.4 Å². The highest BCUT2D eigenvalue weighted by Crippen LogP contribution is 2.37. The Morgan fingerprint density at radius 2 is 1.87 bits per heavy atom. The zero-order valence-electron chi connectivity index (χ0n) is 17.6. The molecule has 1 aliphatic rings. The molecule has 156 valence electrons. The zero-order chi connectivity index (χ0) is 21.7. The van der Waals surface area contributed by atoms with Crippen molar-refractivity contribution in [3.63, 3.8) is 0 Å². The summed E-state index contributed by atoms with van der Waals surface area (Å²) in [4.78, 5) is 23.8. The first-order chi connectivity index (χ1) is 14.9. The number of hydrogen-bond acceptors (Lipinski definition) is 4. The number of benzene rings is 2. The average Bonchev–Trinajstić information content (AvgIpc) is 3.12. The Labute approximate surface area is 185 Å². The van der Waals surface area contributed by atoms with Crippen LogP contribution in [-0.4, -0.2) is 37.1 Å². The van der Waals surface area contributed by atoms with Gasteiger partial charge in [0, 0.05) is 47.7 Å². The number of nitrogens with zero attached hydrogens (tertiary/aromatic N) is 5. The molecular formula is C24H22ClN5O. The van der Waals surface area contributed by atoms with Gasteiger partial charge in [-0.15, -0.1) is 0 Å². The van der Waals surface area contributed by atoms with Crippen molar-refractivity contribution in [1.82, 2.24) is 24.6 Å². The fourth-order valence-corrected chi connectivity index (χ4v) is 4.57. The molecule has 0 N–H and O–H groups in total. The summed E-state index contributed by atoms with van der Waals surface area (Å²) in [5.41, 5.74) is 7.40. The Morgan fingerprint density at radius 1 is 1.10 bits per heavy atom. The number of amides is 1. The van der Waals surface area contributed by atoms with Crippen LogP contribution in [0.3, 0.4) is 0 Å². The first-order valence-corrected chi connectivity index (χ1v) is 10.7. The zero-order valence-corrected chi connectivity index (χ0v) is 18.4. The highest BCUT2D eigenvalue weighted by molar-refractivity contribution is 6.31. The van der Waals surface area contributed by atoms with Crippen molar-refractivity contribution in [2.75, 3.05) is 6.54 Å². The number of rotatable bonds is 2. The molecule has 0 saturated heterocycles. The third-order valence-corrected chi connectivity index (χ3v) is 6.47. The molecule has 0 radical (unpaired) electrons. The van der Waals surface area contributed by atoms with Gasteiger partial charge in [0.2, 0.25) is 0 Å². The van der Waals surface area contributed by atoms with Gasteiger partial charge in [-0.1, -0.05) is 23.7 Å². The number of aryl methyl sites for hydroxylation is 2. The van der Waals surface area contributed by atoms with Crippen LogP contribution in [0.5, 0.6) is 0 Å². The quantitative estimate of drug-likeness (QED) is 0.459. The van der Waals surface area contributed by atoms with E-state index in [0.717, 1.165) is 45.0 Å². The Kier molecular flexibility index (Phi) is 4.74. The molecule has 0 aliphatic carbocycles. The largest absolute Gasteiger partial charge is 0.330 e. The molecule has 6 nitrogen and oxygen atoms in total. The van der Waals surface area contributed by atoms with Gasteiger partial charge in [0.1, 0.15) is 0 Å². The topological polar surface area (TPSA) is 63.9 Å². The normalized spacial score (nSPS) is 15.9. The number of fused-ring (bicyclic) bond motifs is 2. The maximum atomic E-state index is 13.3. The molecule has 1 amide bonds. The van der Waals surface area contributed by atoms with Crippen LogP contribution in [0.1, 0.15) is 40.1 Å². The lowest BCUT2D eigenvalue weighted by Crippen LogP contribution is -2.38. The molecule has 0 fully saturated rings. The molecule has 2 aromatic heterocycles. The standard InChI is InChI=1S/C24H22ClN5O/c1-14-4-5-16(12-19(14)25)23-18-8-11-30(15(2)22(18)28-29(23)3)24(31)17-6-7-20-21(13-17)27-10-9-26-20/h4-7,9-10,12-13,15H,8,11H2,1-3H3/t15-/m0/s1. The van der Waals surface area contributed by atoms with Gasteiger partial charge in [-0.3, -0.25) is 19.4 Å². The van der Waals surface area contributed by atoms with Gasteiger partial charge in [0.15, 0.2) is 0 Å². The molecule has 31 heavy (non-hydrogen) atoms. The summed E-state index contributed by atoms with van der Waals surface area (Å²) >= 11 is 6.38. The summed E-state index contributed by atoms with van der Waals surface area (Å²) in [6.45, 7) is 4.66. The molecule has 1 atom stereocenters. The summed E-state index contributed by atoms with van der Waals surface area (Å²) in [7, 11) is 1.95. The van der Waals surface area contributed by atoms with Gasteiger partial charge >= 0.3 is 0 Å². The summed E-state index contributed by atoms with van der Waals surface area (Å²) in [5, 5.41) is 5.54. The molecule has 2 aromatic carbocycles. The molecule has 3 heterocycles. The molecule has 0 unspecified atom stereocenters. The summed E-state index contributed by atoms with van der Waals surface area (Å²) < 4.78 is 1.90. The first kappa shape index (κ1) is 19.7. The van der Waals surface area contributed by atoms with E-state index in [1.165, 1.54) is 5.56 Å². The molecule has 1 aliphatic heterocycles. The van der Waals surface area contributed by atoms with Gasteiger partial charge in [-0.2, -0.15) is 5.10 Å². The highest BCUT2D eigenvalue weighted by atomic mass is 35.5. The number of halogens is 1. The van der Waals surface area contributed by atoms with Crippen LogP contribution in [0.25, 0.3) is 22.3 Å². The molecule has 0 bridgehead atoms. The second-order valence-electron chi connectivity index (χ2n) is 7.98. The molecule has 0 saturated carbocycles. The van der Waals surface area contributed by atoms with Crippen molar-refractivity contribution in [1.29, 1.82) is 0 Å². The number of aromatic nitrogens is 4. The van der Waals surface area contributed by atoms with E-state index in [4.69, 9.17) is 16.7 Å². The van der Waals surface area contributed by atoms with Crippen LogP contribution in [0.15, 0.2) is 48.8 Å². The SMILES string of the molecule is Cc1ccc(-c2c3c(nn2C)[C@H](C)N(C(=O)c2ccc4nccnc4c2)CC3)cc1Cl. The van der Waals surface area contributed by atoms with Crippen LogP contribution in [-0.2, 0) is 13.5 Å². The average molecular weight is 432 g/mol. The van der Waals surface area contributed by atoms with Crippen LogP contribution >= 0.6 is 11.6 Å². The van der Waals surface area contributed by atoms with Crippen molar-refractivity contribution in [2.24, 2.45) is 7.05 Å². The predicted molar refractivity (Wildman–Crippen MR) is 121 cm³/mol. The predicted octanol–water partition coefficient (Wildman–Crippen LogP) is 4.75. The van der Waals surface area contributed by atoms with E-state index >= 15 is 0 Å². The first-order valence-electron chi connectivity index (χ1n) is 10.3. The Hall–Kier alpha value is -3.25. The summed E-state index contributed by atoms with van der Waals surface area (Å²) in [6.07, 6.45) is 4.03. The number of carbonyl (C=O) groups excluding carboxylic acids is 1. The number of carbonyl (C=O) groups is 1.